The van der Waals surface area contributed by atoms with Gasteiger partial charge in [0.25, 0.3) is 0 Å². The molecule has 1 aliphatic heterocycles. The van der Waals surface area contributed by atoms with Crippen LogP contribution in [0.5, 0.6) is 0 Å². The Kier molecular flexibility index (Phi) is 3.44. The Bertz CT molecular complexity index is 538. The van der Waals surface area contributed by atoms with Gasteiger partial charge in [-0.1, -0.05) is 5.10 Å². The molecule has 0 amide bonds. The molecular weight excluding hydrogens is 268 g/mol. The number of sulfone groups is 1. The Balaban J connectivity index is 1.44. The maximum absolute atomic E-state index is 11.3. The summed E-state index contributed by atoms with van der Waals surface area (Å²) in [4.78, 5) is 0. The van der Waals surface area contributed by atoms with E-state index < -0.39 is 9.84 Å². The molecule has 2 heterocycles. The van der Waals surface area contributed by atoms with Crippen molar-refractivity contribution >= 4 is 15.9 Å². The fourth-order valence-corrected chi connectivity index (χ4v) is 4.04. The van der Waals surface area contributed by atoms with Crippen LogP contribution in [0.1, 0.15) is 25.2 Å². The molecule has 0 spiro atoms. The van der Waals surface area contributed by atoms with Crippen molar-refractivity contribution in [2.75, 3.05) is 23.4 Å². The predicted molar refractivity (Wildman–Crippen MR) is 69.4 cm³/mol. The van der Waals surface area contributed by atoms with Crippen LogP contribution in [0.25, 0.3) is 0 Å². The quantitative estimate of drug-likeness (QED) is 0.769. The van der Waals surface area contributed by atoms with E-state index in [1.165, 1.54) is 12.8 Å². The third-order valence-corrected chi connectivity index (χ3v) is 5.29. The summed E-state index contributed by atoms with van der Waals surface area (Å²) < 4.78 is 28.1. The lowest BCUT2D eigenvalue weighted by Crippen LogP contribution is -2.16. The minimum atomic E-state index is -2.82. The highest BCUT2D eigenvalue weighted by atomic mass is 32.2. The van der Waals surface area contributed by atoms with Crippen LogP contribution in [0.15, 0.2) is 4.42 Å². The lowest BCUT2D eigenvalue weighted by atomic mass is 10.1. The zero-order valence-corrected chi connectivity index (χ0v) is 11.4. The van der Waals surface area contributed by atoms with Gasteiger partial charge in [0, 0.05) is 12.6 Å². The molecule has 1 aliphatic carbocycles. The molecule has 0 aromatic carbocycles. The minimum Gasteiger partial charge on any atom is -0.407 e. The molecule has 0 bridgehead atoms. The van der Waals surface area contributed by atoms with Gasteiger partial charge in [0.2, 0.25) is 5.89 Å². The highest BCUT2D eigenvalue weighted by Crippen LogP contribution is 2.20. The summed E-state index contributed by atoms with van der Waals surface area (Å²) in [6, 6.07) is 0.976. The summed E-state index contributed by atoms with van der Waals surface area (Å²) >= 11 is 0. The van der Waals surface area contributed by atoms with Gasteiger partial charge < -0.3 is 15.1 Å². The third-order valence-electron chi connectivity index (χ3n) is 3.45. The van der Waals surface area contributed by atoms with Gasteiger partial charge in [-0.15, -0.1) is 5.10 Å². The van der Waals surface area contributed by atoms with E-state index >= 15 is 0 Å². The van der Waals surface area contributed by atoms with Crippen LogP contribution >= 0.6 is 0 Å². The summed E-state index contributed by atoms with van der Waals surface area (Å²) in [5.41, 5.74) is 0. The van der Waals surface area contributed by atoms with Crippen molar-refractivity contribution in [2.45, 2.75) is 31.8 Å². The van der Waals surface area contributed by atoms with E-state index in [9.17, 15) is 8.42 Å². The average Bonchev–Trinajstić information content (AvgIpc) is 2.98. The van der Waals surface area contributed by atoms with Gasteiger partial charge in [0.15, 0.2) is 9.84 Å². The van der Waals surface area contributed by atoms with Gasteiger partial charge in [-0.25, -0.2) is 8.42 Å². The Morgan fingerprint density at radius 2 is 2.11 bits per heavy atom. The van der Waals surface area contributed by atoms with Crippen molar-refractivity contribution in [3.8, 4) is 0 Å². The number of hydrogen-bond donors (Lipinski definition) is 2. The molecule has 8 heteroatoms. The monoisotopic (exact) mass is 286 g/mol. The molecule has 2 fully saturated rings. The standard InChI is InChI=1S/C11H18N4O3S/c16-19(17)4-3-8(7-19)5-13-11-15-14-10(18-11)6-12-9-1-2-9/h8-9,12H,1-7H2,(H,13,15). The van der Waals surface area contributed by atoms with Crippen molar-refractivity contribution in [2.24, 2.45) is 5.92 Å². The van der Waals surface area contributed by atoms with Gasteiger partial charge in [0.1, 0.15) is 0 Å². The van der Waals surface area contributed by atoms with Crippen LogP contribution in [0.2, 0.25) is 0 Å². The Labute approximate surface area is 112 Å². The zero-order chi connectivity index (χ0) is 13.3. The topological polar surface area (TPSA) is 97.1 Å². The zero-order valence-electron chi connectivity index (χ0n) is 10.6. The lowest BCUT2D eigenvalue weighted by molar-refractivity contribution is 0.472. The Morgan fingerprint density at radius 3 is 2.79 bits per heavy atom. The molecule has 2 N–H and O–H groups in total. The first-order chi connectivity index (χ1) is 9.11. The normalized spacial score (nSPS) is 25.6. The first kappa shape index (κ1) is 12.9. The van der Waals surface area contributed by atoms with Crippen LogP contribution in [-0.2, 0) is 16.4 Å². The summed E-state index contributed by atoms with van der Waals surface area (Å²) in [5, 5.41) is 14.1. The number of hydrogen-bond acceptors (Lipinski definition) is 7. The number of anilines is 1. The molecule has 3 rings (SSSR count). The van der Waals surface area contributed by atoms with Crippen LogP contribution in [0.3, 0.4) is 0 Å². The predicted octanol–water partition coefficient (Wildman–Crippen LogP) is 0.168. The second-order valence-corrected chi connectivity index (χ2v) is 7.53. The van der Waals surface area contributed by atoms with Gasteiger partial charge >= 0.3 is 6.01 Å². The maximum Gasteiger partial charge on any atom is 0.315 e. The Morgan fingerprint density at radius 1 is 1.26 bits per heavy atom. The third kappa shape index (κ3) is 3.66. The summed E-state index contributed by atoms with van der Waals surface area (Å²) in [5.74, 6) is 1.25. The fraction of sp³-hybridized carbons (Fsp3) is 0.818. The number of nitrogens with one attached hydrogen (secondary N) is 2. The first-order valence-corrected chi connectivity index (χ1v) is 8.43. The molecule has 0 radical (unpaired) electrons. The van der Waals surface area contributed by atoms with Gasteiger partial charge in [-0.05, 0) is 25.2 Å². The van der Waals surface area contributed by atoms with Crippen LogP contribution in [0.4, 0.5) is 6.01 Å². The number of aromatic nitrogens is 2. The second kappa shape index (κ2) is 5.09. The second-order valence-electron chi connectivity index (χ2n) is 5.31. The van der Waals surface area contributed by atoms with Crippen molar-refractivity contribution < 1.29 is 12.8 Å². The minimum absolute atomic E-state index is 0.143. The Hall–Kier alpha value is -1.15. The van der Waals surface area contributed by atoms with Crippen LogP contribution in [0, 0.1) is 5.92 Å². The number of rotatable bonds is 6. The smallest absolute Gasteiger partial charge is 0.315 e. The van der Waals surface area contributed by atoms with Crippen molar-refractivity contribution in [3.63, 3.8) is 0 Å². The van der Waals surface area contributed by atoms with Crippen molar-refractivity contribution in [3.05, 3.63) is 5.89 Å². The van der Waals surface area contributed by atoms with E-state index in [2.05, 4.69) is 20.8 Å². The summed E-state index contributed by atoms with van der Waals surface area (Å²) in [6.45, 7) is 1.16. The molecule has 7 nitrogen and oxygen atoms in total. The molecule has 1 unspecified atom stereocenters. The molecule has 1 saturated carbocycles. The van der Waals surface area contributed by atoms with E-state index in [0.717, 1.165) is 0 Å². The van der Waals surface area contributed by atoms with E-state index in [1.807, 2.05) is 0 Å². The van der Waals surface area contributed by atoms with Crippen LogP contribution < -0.4 is 10.6 Å². The van der Waals surface area contributed by atoms with Gasteiger partial charge in [-0.2, -0.15) is 0 Å². The summed E-state index contributed by atoms with van der Waals surface area (Å²) in [7, 11) is -2.82. The van der Waals surface area contributed by atoms with E-state index in [-0.39, 0.29) is 11.7 Å². The summed E-state index contributed by atoms with van der Waals surface area (Å²) in [6.07, 6.45) is 3.14. The lowest BCUT2D eigenvalue weighted by Gasteiger charge is -2.06. The molecular formula is C11H18N4O3S. The van der Waals surface area contributed by atoms with Crippen molar-refractivity contribution in [1.29, 1.82) is 0 Å². The molecule has 2 aliphatic rings. The molecule has 1 saturated heterocycles. The van der Waals surface area contributed by atoms with Gasteiger partial charge in [-0.3, -0.25) is 0 Å². The highest BCUT2D eigenvalue weighted by Gasteiger charge is 2.28. The SMILES string of the molecule is O=S1(=O)CCC(CNc2nnc(CNC3CC3)o2)C1. The average molecular weight is 286 g/mol. The maximum atomic E-state index is 11.3. The number of nitrogens with zero attached hydrogens (tertiary/aromatic N) is 2. The first-order valence-electron chi connectivity index (χ1n) is 6.61. The van der Waals surface area contributed by atoms with E-state index in [1.54, 1.807) is 0 Å². The fourth-order valence-electron chi connectivity index (χ4n) is 2.18. The molecule has 19 heavy (non-hydrogen) atoms. The molecule has 106 valence electrons. The molecule has 1 aromatic heterocycles. The van der Waals surface area contributed by atoms with Gasteiger partial charge in [0.05, 0.1) is 18.1 Å². The molecule has 1 atom stereocenters. The van der Waals surface area contributed by atoms with Crippen LogP contribution in [-0.4, -0.2) is 42.7 Å². The van der Waals surface area contributed by atoms with E-state index in [4.69, 9.17) is 4.42 Å². The van der Waals surface area contributed by atoms with E-state index in [0.29, 0.717) is 43.2 Å². The highest BCUT2D eigenvalue weighted by molar-refractivity contribution is 7.91. The molecule has 1 aromatic rings. The largest absolute Gasteiger partial charge is 0.407 e. The van der Waals surface area contributed by atoms with Crippen molar-refractivity contribution in [1.82, 2.24) is 15.5 Å².